The topological polar surface area (TPSA) is 124 Å². The molecule has 0 saturated carbocycles. The average molecular weight is 526 g/mol. The molecule has 37 heavy (non-hydrogen) atoms. The van der Waals surface area contributed by atoms with E-state index in [0.717, 1.165) is 10.6 Å². The second-order valence-electron chi connectivity index (χ2n) is 7.82. The molecule has 11 heteroatoms. The van der Waals surface area contributed by atoms with Crippen LogP contribution in [-0.4, -0.2) is 52.5 Å². The van der Waals surface area contributed by atoms with Gasteiger partial charge in [0.25, 0.3) is 5.91 Å². The first kappa shape index (κ1) is 27.2. The van der Waals surface area contributed by atoms with Gasteiger partial charge in [-0.1, -0.05) is 30.3 Å². The molecule has 0 heterocycles. The summed E-state index contributed by atoms with van der Waals surface area (Å²) in [5.41, 5.74) is 3.24. The molecule has 0 bridgehead atoms. The van der Waals surface area contributed by atoms with Gasteiger partial charge in [0.15, 0.2) is 6.61 Å². The van der Waals surface area contributed by atoms with E-state index in [2.05, 4.69) is 15.3 Å². The van der Waals surface area contributed by atoms with E-state index in [1.165, 1.54) is 20.2 Å². The number of amides is 1. The van der Waals surface area contributed by atoms with Crippen molar-refractivity contribution in [3.05, 3.63) is 84.4 Å². The minimum atomic E-state index is -3.81. The molecule has 3 aromatic carbocycles. The van der Waals surface area contributed by atoms with Crippen LogP contribution in [0.3, 0.4) is 0 Å². The van der Waals surface area contributed by atoms with Crippen molar-refractivity contribution in [3.8, 4) is 17.2 Å². The number of carbonyl (C=O) groups is 2. The number of hydrogen-bond acceptors (Lipinski definition) is 8. The number of nitrogens with one attached hydrogen (secondary N) is 1. The molecule has 0 aromatic heterocycles. The van der Waals surface area contributed by atoms with Crippen molar-refractivity contribution in [1.82, 2.24) is 5.43 Å². The predicted molar refractivity (Wildman–Crippen MR) is 139 cm³/mol. The van der Waals surface area contributed by atoms with Crippen molar-refractivity contribution in [3.63, 3.8) is 0 Å². The van der Waals surface area contributed by atoms with Crippen LogP contribution < -0.4 is 19.2 Å². The minimum Gasteiger partial charge on any atom is -0.482 e. The molecule has 3 rings (SSSR count). The number of sulfonamides is 1. The van der Waals surface area contributed by atoms with Crippen LogP contribution >= 0.6 is 0 Å². The summed E-state index contributed by atoms with van der Waals surface area (Å²) >= 11 is 0. The average Bonchev–Trinajstić information content (AvgIpc) is 2.88. The predicted octanol–water partition coefficient (Wildman–Crippen LogP) is 3.34. The number of carbonyl (C=O) groups excluding carboxylic acids is 2. The van der Waals surface area contributed by atoms with E-state index < -0.39 is 27.9 Å². The van der Waals surface area contributed by atoms with E-state index in [1.807, 2.05) is 18.2 Å². The maximum Gasteiger partial charge on any atom is 0.343 e. The van der Waals surface area contributed by atoms with E-state index in [0.29, 0.717) is 28.5 Å². The van der Waals surface area contributed by atoms with Gasteiger partial charge in [-0.15, -0.1) is 0 Å². The lowest BCUT2D eigenvalue weighted by Crippen LogP contribution is -2.46. The summed E-state index contributed by atoms with van der Waals surface area (Å²) in [5.74, 6) is 0.416. The fraction of sp³-hybridized carbons (Fsp3) is 0.192. The highest BCUT2D eigenvalue weighted by atomic mass is 32.2. The molecule has 0 fully saturated rings. The lowest BCUT2D eigenvalue weighted by molar-refractivity contribution is -0.142. The Labute approximate surface area is 215 Å². The van der Waals surface area contributed by atoms with E-state index >= 15 is 0 Å². The van der Waals surface area contributed by atoms with Crippen molar-refractivity contribution >= 4 is 33.8 Å². The lowest BCUT2D eigenvalue weighted by Gasteiger charge is -2.27. The number of para-hydroxylation sites is 1. The molecule has 1 N–H and O–H groups in total. The van der Waals surface area contributed by atoms with Crippen LogP contribution in [0.4, 0.5) is 5.69 Å². The van der Waals surface area contributed by atoms with Gasteiger partial charge in [-0.3, -0.25) is 9.10 Å². The van der Waals surface area contributed by atoms with Gasteiger partial charge in [0.2, 0.25) is 10.0 Å². The molecule has 0 unspecified atom stereocenters. The summed E-state index contributed by atoms with van der Waals surface area (Å²) in [6.45, 7) is 1.22. The monoisotopic (exact) mass is 525 g/mol. The minimum absolute atomic E-state index is 0.244. The number of hydrazone groups is 1. The van der Waals surface area contributed by atoms with Gasteiger partial charge in [0.05, 0.1) is 25.3 Å². The highest BCUT2D eigenvalue weighted by Gasteiger charge is 2.29. The first-order valence-corrected chi connectivity index (χ1v) is 13.0. The van der Waals surface area contributed by atoms with Crippen LogP contribution in [0.2, 0.25) is 0 Å². The fourth-order valence-electron chi connectivity index (χ4n) is 3.24. The Morgan fingerprint density at radius 1 is 0.973 bits per heavy atom. The van der Waals surface area contributed by atoms with E-state index in [1.54, 1.807) is 60.7 Å². The van der Waals surface area contributed by atoms with Crippen molar-refractivity contribution in [2.24, 2.45) is 5.10 Å². The Kier molecular flexibility index (Phi) is 9.22. The number of rotatable bonds is 11. The maximum absolute atomic E-state index is 12.7. The molecule has 194 valence electrons. The van der Waals surface area contributed by atoms with Crippen molar-refractivity contribution in [2.45, 2.75) is 13.0 Å². The number of nitrogens with zero attached hydrogens (tertiary/aromatic N) is 2. The Morgan fingerprint density at radius 2 is 1.62 bits per heavy atom. The van der Waals surface area contributed by atoms with Crippen LogP contribution in [0, 0.1) is 0 Å². The molecule has 1 atom stereocenters. The smallest absolute Gasteiger partial charge is 0.343 e. The largest absolute Gasteiger partial charge is 0.482 e. The number of benzene rings is 3. The second kappa shape index (κ2) is 12.5. The highest BCUT2D eigenvalue weighted by Crippen LogP contribution is 2.27. The molecule has 3 aromatic rings. The summed E-state index contributed by atoms with van der Waals surface area (Å²) < 4.78 is 41.7. The summed E-state index contributed by atoms with van der Waals surface area (Å²) in [6, 6.07) is 21.1. The van der Waals surface area contributed by atoms with Crippen LogP contribution in [0.15, 0.2) is 84.0 Å². The molecule has 0 aliphatic heterocycles. The van der Waals surface area contributed by atoms with Crippen LogP contribution in [0.5, 0.6) is 17.2 Å². The molecule has 1 amide bonds. The number of esters is 1. The number of hydrogen-bond donors (Lipinski definition) is 1. The zero-order chi connectivity index (χ0) is 26.8. The first-order chi connectivity index (χ1) is 17.7. The van der Waals surface area contributed by atoms with Crippen LogP contribution in [0.1, 0.15) is 12.5 Å². The number of methoxy groups -OCH3 is 1. The summed E-state index contributed by atoms with van der Waals surface area (Å²) in [4.78, 5) is 24.0. The fourth-order valence-corrected chi connectivity index (χ4v) is 4.42. The third kappa shape index (κ3) is 8.07. The van der Waals surface area contributed by atoms with Gasteiger partial charge in [0.1, 0.15) is 23.3 Å². The van der Waals surface area contributed by atoms with Crippen molar-refractivity contribution in [1.29, 1.82) is 0 Å². The van der Waals surface area contributed by atoms with Crippen molar-refractivity contribution in [2.75, 3.05) is 24.3 Å². The van der Waals surface area contributed by atoms with E-state index in [4.69, 9.17) is 9.47 Å². The van der Waals surface area contributed by atoms with Gasteiger partial charge in [-0.2, -0.15) is 5.10 Å². The quantitative estimate of drug-likeness (QED) is 0.231. The molecule has 0 spiro atoms. The van der Waals surface area contributed by atoms with Crippen LogP contribution in [-0.2, 0) is 24.3 Å². The Hall–Kier alpha value is -4.38. The molecule has 10 nitrogen and oxygen atoms in total. The molecule has 0 aliphatic carbocycles. The summed E-state index contributed by atoms with van der Waals surface area (Å²) in [6.07, 6.45) is 2.39. The molecular formula is C26H27N3O7S. The van der Waals surface area contributed by atoms with E-state index in [9.17, 15) is 18.0 Å². The molecule has 0 radical (unpaired) electrons. The number of anilines is 1. The normalized spacial score (nSPS) is 12.0. The Morgan fingerprint density at radius 3 is 2.27 bits per heavy atom. The van der Waals surface area contributed by atoms with Gasteiger partial charge < -0.3 is 14.2 Å². The maximum atomic E-state index is 12.7. The van der Waals surface area contributed by atoms with Crippen molar-refractivity contribution < 1.29 is 32.2 Å². The Bertz CT molecular complexity index is 1340. The standard InChI is InChI=1S/C26H27N3O7S/c1-19(26(31)28-27-17-20-8-7-11-24(16-20)35-18-25(30)34-2)29(37(3,32)33)21-12-14-23(15-13-21)36-22-9-5-4-6-10-22/h4-17,19H,18H2,1-3H3,(H,28,31)/b27-17-/t19-/m0/s1. The zero-order valence-corrected chi connectivity index (χ0v) is 21.3. The van der Waals surface area contributed by atoms with E-state index in [-0.39, 0.29) is 6.61 Å². The lowest BCUT2D eigenvalue weighted by atomic mass is 10.2. The number of ether oxygens (including phenoxy) is 3. The van der Waals surface area contributed by atoms with Gasteiger partial charge >= 0.3 is 5.97 Å². The molecular weight excluding hydrogens is 498 g/mol. The zero-order valence-electron chi connectivity index (χ0n) is 20.5. The molecule has 0 saturated heterocycles. The summed E-state index contributed by atoms with van der Waals surface area (Å²) in [5, 5.41) is 3.92. The summed E-state index contributed by atoms with van der Waals surface area (Å²) in [7, 11) is -2.54. The van der Waals surface area contributed by atoms with Gasteiger partial charge in [-0.05, 0) is 61.0 Å². The second-order valence-corrected chi connectivity index (χ2v) is 9.67. The first-order valence-electron chi connectivity index (χ1n) is 11.1. The van der Waals surface area contributed by atoms with Gasteiger partial charge in [-0.25, -0.2) is 18.6 Å². The van der Waals surface area contributed by atoms with Crippen LogP contribution in [0.25, 0.3) is 0 Å². The third-order valence-electron chi connectivity index (χ3n) is 4.99. The van der Waals surface area contributed by atoms with Gasteiger partial charge in [0, 0.05) is 0 Å². The SMILES string of the molecule is COC(=O)COc1cccc(/C=N\NC(=O)[C@H](C)N(c2ccc(Oc3ccccc3)cc2)S(C)(=O)=O)c1. The molecule has 0 aliphatic rings. The Balaban J connectivity index is 1.66. The highest BCUT2D eigenvalue weighted by molar-refractivity contribution is 7.92. The third-order valence-corrected chi connectivity index (χ3v) is 6.23.